The van der Waals surface area contributed by atoms with Crippen LogP contribution in [0.15, 0.2) is 0 Å². The Balaban J connectivity index is 2.54. The van der Waals surface area contributed by atoms with Gasteiger partial charge in [-0.15, -0.1) is 0 Å². The van der Waals surface area contributed by atoms with Crippen LogP contribution in [-0.4, -0.2) is 22.4 Å². The van der Waals surface area contributed by atoms with Gasteiger partial charge in [-0.05, 0) is 18.3 Å². The van der Waals surface area contributed by atoms with E-state index in [9.17, 15) is 5.11 Å². The molecule has 1 aliphatic carbocycles. The van der Waals surface area contributed by atoms with Crippen molar-refractivity contribution in [1.82, 2.24) is 0 Å². The zero-order chi connectivity index (χ0) is 7.02. The summed E-state index contributed by atoms with van der Waals surface area (Å²) in [7, 11) is 0. The van der Waals surface area contributed by atoms with Crippen LogP contribution < -0.4 is 0 Å². The summed E-state index contributed by atoms with van der Waals surface area (Å²) in [5, 5.41) is 18.3. The van der Waals surface area contributed by atoms with Gasteiger partial charge in [-0.3, -0.25) is 0 Å². The Morgan fingerprint density at radius 1 is 1.22 bits per heavy atom. The highest BCUT2D eigenvalue weighted by atomic mass is 16.3. The van der Waals surface area contributed by atoms with E-state index in [2.05, 4.69) is 6.92 Å². The minimum Gasteiger partial charge on any atom is -0.390 e. The van der Waals surface area contributed by atoms with Gasteiger partial charge >= 0.3 is 0 Å². The molecule has 0 spiro atoms. The summed E-state index contributed by atoms with van der Waals surface area (Å²) in [5.41, 5.74) is 0. The molecule has 54 valence electrons. The van der Waals surface area contributed by atoms with E-state index in [0.29, 0.717) is 5.92 Å². The first kappa shape index (κ1) is 7.03. The predicted octanol–water partition coefficient (Wildman–Crippen LogP) is 0.384. The molecular weight excluding hydrogens is 116 g/mol. The third kappa shape index (κ3) is 1.10. The quantitative estimate of drug-likeness (QED) is 0.498. The van der Waals surface area contributed by atoms with Gasteiger partial charge in [-0.1, -0.05) is 13.8 Å². The average Bonchev–Trinajstić information content (AvgIpc) is 1.98. The molecule has 0 saturated heterocycles. The van der Waals surface area contributed by atoms with Crippen LogP contribution in [-0.2, 0) is 0 Å². The van der Waals surface area contributed by atoms with Crippen LogP contribution in [0.3, 0.4) is 0 Å². The maximum Gasteiger partial charge on any atom is 0.0827 e. The van der Waals surface area contributed by atoms with Crippen molar-refractivity contribution in [1.29, 1.82) is 0 Å². The van der Waals surface area contributed by atoms with Crippen LogP contribution in [0.5, 0.6) is 0 Å². The van der Waals surface area contributed by atoms with E-state index in [4.69, 9.17) is 5.11 Å². The van der Waals surface area contributed by atoms with Crippen LogP contribution in [0.25, 0.3) is 0 Å². The average molecular weight is 130 g/mol. The van der Waals surface area contributed by atoms with E-state index in [1.807, 2.05) is 6.92 Å². The second kappa shape index (κ2) is 2.27. The van der Waals surface area contributed by atoms with Crippen molar-refractivity contribution in [3.63, 3.8) is 0 Å². The zero-order valence-corrected chi connectivity index (χ0v) is 5.91. The molecule has 1 aliphatic rings. The maximum atomic E-state index is 9.19. The summed E-state index contributed by atoms with van der Waals surface area (Å²) in [4.78, 5) is 0. The summed E-state index contributed by atoms with van der Waals surface area (Å²) < 4.78 is 0. The van der Waals surface area contributed by atoms with Gasteiger partial charge < -0.3 is 10.2 Å². The van der Waals surface area contributed by atoms with Crippen LogP contribution in [0.2, 0.25) is 0 Å². The van der Waals surface area contributed by atoms with E-state index in [0.717, 1.165) is 6.42 Å². The highest BCUT2D eigenvalue weighted by molar-refractivity contribution is 4.85. The Kier molecular flexibility index (Phi) is 1.78. The van der Waals surface area contributed by atoms with Crippen LogP contribution in [0, 0.1) is 11.8 Å². The summed E-state index contributed by atoms with van der Waals surface area (Å²) >= 11 is 0. The van der Waals surface area contributed by atoms with Crippen molar-refractivity contribution in [2.24, 2.45) is 11.8 Å². The fraction of sp³-hybridized carbons (Fsp3) is 1.00. The molecule has 0 aliphatic heterocycles. The van der Waals surface area contributed by atoms with Crippen molar-refractivity contribution in [2.45, 2.75) is 32.5 Å². The van der Waals surface area contributed by atoms with Gasteiger partial charge in [0, 0.05) is 0 Å². The molecule has 1 saturated carbocycles. The number of aliphatic hydroxyl groups excluding tert-OH is 2. The Morgan fingerprint density at radius 3 is 1.89 bits per heavy atom. The van der Waals surface area contributed by atoms with Gasteiger partial charge in [0.25, 0.3) is 0 Å². The topological polar surface area (TPSA) is 40.5 Å². The lowest BCUT2D eigenvalue weighted by Crippen LogP contribution is -2.23. The second-order valence-electron chi connectivity index (χ2n) is 3.13. The summed E-state index contributed by atoms with van der Waals surface area (Å²) in [5.74, 6) is 0.731. The molecule has 1 rings (SSSR count). The van der Waals surface area contributed by atoms with E-state index >= 15 is 0 Å². The fourth-order valence-corrected chi connectivity index (χ4v) is 1.42. The Hall–Kier alpha value is -0.0800. The molecule has 4 atom stereocenters. The van der Waals surface area contributed by atoms with Gasteiger partial charge in [0.1, 0.15) is 0 Å². The van der Waals surface area contributed by atoms with E-state index in [1.165, 1.54) is 0 Å². The van der Waals surface area contributed by atoms with Crippen LogP contribution in [0.4, 0.5) is 0 Å². The molecule has 0 amide bonds. The molecule has 0 heterocycles. The molecular formula is C7H14O2. The van der Waals surface area contributed by atoms with Crippen molar-refractivity contribution < 1.29 is 10.2 Å². The third-order valence-electron chi connectivity index (χ3n) is 2.44. The van der Waals surface area contributed by atoms with Gasteiger partial charge in [0.05, 0.1) is 12.2 Å². The smallest absolute Gasteiger partial charge is 0.0827 e. The summed E-state index contributed by atoms with van der Waals surface area (Å²) in [6.45, 7) is 4.04. The minimum atomic E-state index is -0.486. The molecule has 4 unspecified atom stereocenters. The standard InChI is InChI=1S/C7H14O2/c1-4-3-6(8)7(9)5(4)2/h4-9H,3H2,1-2H3. The first-order valence-electron chi connectivity index (χ1n) is 3.49. The fourth-order valence-electron chi connectivity index (χ4n) is 1.42. The molecule has 0 bridgehead atoms. The van der Waals surface area contributed by atoms with E-state index < -0.39 is 12.2 Å². The largest absolute Gasteiger partial charge is 0.390 e. The van der Waals surface area contributed by atoms with Crippen molar-refractivity contribution in [2.75, 3.05) is 0 Å². The highest BCUT2D eigenvalue weighted by Gasteiger charge is 2.35. The molecule has 2 nitrogen and oxygen atoms in total. The maximum absolute atomic E-state index is 9.19. The molecule has 0 aromatic heterocycles. The first-order chi connectivity index (χ1) is 4.13. The van der Waals surface area contributed by atoms with Gasteiger partial charge in [-0.2, -0.15) is 0 Å². The molecule has 1 fully saturated rings. The van der Waals surface area contributed by atoms with Gasteiger partial charge in [-0.25, -0.2) is 0 Å². The Morgan fingerprint density at radius 2 is 1.78 bits per heavy atom. The predicted molar refractivity (Wildman–Crippen MR) is 35.0 cm³/mol. The number of hydrogen-bond acceptors (Lipinski definition) is 2. The second-order valence-corrected chi connectivity index (χ2v) is 3.13. The van der Waals surface area contributed by atoms with E-state index in [-0.39, 0.29) is 5.92 Å². The van der Waals surface area contributed by atoms with E-state index in [1.54, 1.807) is 0 Å². The third-order valence-corrected chi connectivity index (χ3v) is 2.44. The molecule has 9 heavy (non-hydrogen) atoms. The zero-order valence-electron chi connectivity index (χ0n) is 5.91. The number of hydrogen-bond donors (Lipinski definition) is 2. The molecule has 0 radical (unpaired) electrons. The SMILES string of the molecule is CC1CC(O)C(O)C1C. The lowest BCUT2D eigenvalue weighted by Gasteiger charge is -2.12. The van der Waals surface area contributed by atoms with Crippen molar-refractivity contribution in [3.8, 4) is 0 Å². The number of rotatable bonds is 0. The Bertz CT molecular complexity index is 91.1. The monoisotopic (exact) mass is 130 g/mol. The van der Waals surface area contributed by atoms with Gasteiger partial charge in [0.2, 0.25) is 0 Å². The molecule has 0 aromatic carbocycles. The van der Waals surface area contributed by atoms with Crippen LogP contribution in [0.1, 0.15) is 20.3 Å². The normalized spacial score (nSPS) is 52.0. The first-order valence-corrected chi connectivity index (χ1v) is 3.49. The lowest BCUT2D eigenvalue weighted by molar-refractivity contribution is 0.0236. The van der Waals surface area contributed by atoms with Crippen molar-refractivity contribution >= 4 is 0 Å². The summed E-state index contributed by atoms with van der Waals surface area (Å²) in [6.07, 6.45) is -0.211. The lowest BCUT2D eigenvalue weighted by atomic mass is 10.00. The van der Waals surface area contributed by atoms with Crippen LogP contribution >= 0.6 is 0 Å². The molecule has 0 aromatic rings. The number of aliphatic hydroxyl groups is 2. The minimum absolute atomic E-state index is 0.264. The highest BCUT2D eigenvalue weighted by Crippen LogP contribution is 2.31. The Labute approximate surface area is 55.5 Å². The molecule has 2 N–H and O–H groups in total. The van der Waals surface area contributed by atoms with Crippen molar-refractivity contribution in [3.05, 3.63) is 0 Å². The van der Waals surface area contributed by atoms with Gasteiger partial charge in [0.15, 0.2) is 0 Å². The summed E-state index contributed by atoms with van der Waals surface area (Å²) in [6, 6.07) is 0. The molecule has 2 heteroatoms.